The average molecular weight is 249 g/mol. The number of benzene rings is 1. The zero-order valence-electron chi connectivity index (χ0n) is 12.0. The number of methoxy groups -OCH3 is 1. The number of Topliss-reactive ketones (excluding diaryl/α,β-unsaturated/α-hetero) is 1. The van der Waals surface area contributed by atoms with Gasteiger partial charge in [0.2, 0.25) is 0 Å². The summed E-state index contributed by atoms with van der Waals surface area (Å²) < 4.78 is 5.31. The molecule has 0 radical (unpaired) electrons. The summed E-state index contributed by atoms with van der Waals surface area (Å²) in [4.78, 5) is 14.0. The van der Waals surface area contributed by atoms with E-state index in [2.05, 4.69) is 0 Å². The van der Waals surface area contributed by atoms with E-state index in [4.69, 9.17) is 4.74 Å². The standard InChI is InChI=1S/C15H23NO2/c1-15(2,3)14(17)11-16(4)10-12-8-6-7-9-13(12)18-5/h6-9H,10-11H2,1-5H3. The van der Waals surface area contributed by atoms with Crippen molar-refractivity contribution in [2.75, 3.05) is 20.7 Å². The average Bonchev–Trinajstić information content (AvgIpc) is 2.28. The van der Waals surface area contributed by atoms with Crippen LogP contribution in [0.25, 0.3) is 0 Å². The molecule has 1 aromatic rings. The summed E-state index contributed by atoms with van der Waals surface area (Å²) in [5.74, 6) is 1.12. The summed E-state index contributed by atoms with van der Waals surface area (Å²) in [6, 6.07) is 7.89. The number of ketones is 1. The predicted octanol–water partition coefficient (Wildman–Crippen LogP) is 2.74. The van der Waals surface area contributed by atoms with Gasteiger partial charge in [0.15, 0.2) is 5.78 Å². The highest BCUT2D eigenvalue weighted by Crippen LogP contribution is 2.20. The van der Waals surface area contributed by atoms with E-state index in [1.165, 1.54) is 0 Å². The van der Waals surface area contributed by atoms with Crippen LogP contribution in [0.4, 0.5) is 0 Å². The van der Waals surface area contributed by atoms with Gasteiger partial charge in [0, 0.05) is 17.5 Å². The number of ether oxygens (including phenoxy) is 1. The molecular weight excluding hydrogens is 226 g/mol. The highest BCUT2D eigenvalue weighted by molar-refractivity contribution is 5.85. The van der Waals surface area contributed by atoms with Crippen molar-refractivity contribution in [2.24, 2.45) is 5.41 Å². The highest BCUT2D eigenvalue weighted by atomic mass is 16.5. The Bertz CT molecular complexity index is 407. The molecule has 3 heteroatoms. The molecule has 1 aromatic carbocycles. The van der Waals surface area contributed by atoms with Crippen LogP contribution >= 0.6 is 0 Å². The van der Waals surface area contributed by atoms with Gasteiger partial charge in [-0.05, 0) is 13.1 Å². The molecule has 3 nitrogen and oxygen atoms in total. The number of hydrogen-bond donors (Lipinski definition) is 0. The summed E-state index contributed by atoms with van der Waals surface area (Å²) in [7, 11) is 3.62. The molecule has 1 rings (SSSR count). The topological polar surface area (TPSA) is 29.5 Å². The normalized spacial score (nSPS) is 11.7. The van der Waals surface area contributed by atoms with Gasteiger partial charge in [0.25, 0.3) is 0 Å². The lowest BCUT2D eigenvalue weighted by Gasteiger charge is -2.23. The van der Waals surface area contributed by atoms with E-state index in [1.54, 1.807) is 7.11 Å². The van der Waals surface area contributed by atoms with Gasteiger partial charge in [-0.1, -0.05) is 39.0 Å². The molecule has 0 N–H and O–H groups in total. The van der Waals surface area contributed by atoms with Crippen molar-refractivity contribution in [1.29, 1.82) is 0 Å². The second kappa shape index (κ2) is 6.01. The Hall–Kier alpha value is -1.35. The van der Waals surface area contributed by atoms with Crippen molar-refractivity contribution in [3.63, 3.8) is 0 Å². The minimum absolute atomic E-state index is 0.250. The van der Waals surface area contributed by atoms with Gasteiger partial charge in [-0.2, -0.15) is 0 Å². The zero-order chi connectivity index (χ0) is 13.8. The Morgan fingerprint density at radius 2 is 1.89 bits per heavy atom. The molecule has 0 bridgehead atoms. The fraction of sp³-hybridized carbons (Fsp3) is 0.533. The Morgan fingerprint density at radius 3 is 2.44 bits per heavy atom. The van der Waals surface area contributed by atoms with E-state index in [0.29, 0.717) is 13.1 Å². The fourth-order valence-electron chi connectivity index (χ4n) is 1.66. The maximum Gasteiger partial charge on any atom is 0.152 e. The Labute approximate surface area is 110 Å². The van der Waals surface area contributed by atoms with Gasteiger partial charge in [-0.15, -0.1) is 0 Å². The van der Waals surface area contributed by atoms with Gasteiger partial charge in [-0.3, -0.25) is 9.69 Å². The quantitative estimate of drug-likeness (QED) is 0.803. The third-order valence-corrected chi connectivity index (χ3v) is 2.88. The fourth-order valence-corrected chi connectivity index (χ4v) is 1.66. The van der Waals surface area contributed by atoms with Gasteiger partial charge in [-0.25, -0.2) is 0 Å². The lowest BCUT2D eigenvalue weighted by molar-refractivity contribution is -0.127. The molecule has 0 fully saturated rings. The third-order valence-electron chi connectivity index (χ3n) is 2.88. The number of nitrogens with zero attached hydrogens (tertiary/aromatic N) is 1. The lowest BCUT2D eigenvalue weighted by atomic mass is 9.90. The van der Waals surface area contributed by atoms with Crippen molar-refractivity contribution in [3.05, 3.63) is 29.8 Å². The first-order valence-electron chi connectivity index (χ1n) is 6.18. The highest BCUT2D eigenvalue weighted by Gasteiger charge is 2.22. The first-order chi connectivity index (χ1) is 8.34. The van der Waals surface area contributed by atoms with Crippen molar-refractivity contribution >= 4 is 5.78 Å². The van der Waals surface area contributed by atoms with Crippen LogP contribution in [0.5, 0.6) is 5.75 Å². The molecule has 0 spiro atoms. The third kappa shape index (κ3) is 4.15. The van der Waals surface area contributed by atoms with E-state index in [-0.39, 0.29) is 11.2 Å². The van der Waals surface area contributed by atoms with Crippen LogP contribution in [0.2, 0.25) is 0 Å². The molecule has 0 aromatic heterocycles. The molecule has 0 atom stereocenters. The Balaban J connectivity index is 2.65. The largest absolute Gasteiger partial charge is 0.496 e. The molecule has 0 aliphatic carbocycles. The molecule has 0 saturated carbocycles. The summed E-state index contributed by atoms with van der Waals surface area (Å²) in [6.45, 7) is 7.03. The van der Waals surface area contributed by atoms with Gasteiger partial charge in [0.05, 0.1) is 13.7 Å². The van der Waals surface area contributed by atoms with E-state index in [9.17, 15) is 4.79 Å². The summed E-state index contributed by atoms with van der Waals surface area (Å²) in [5.41, 5.74) is 0.818. The maximum atomic E-state index is 11.9. The molecule has 0 unspecified atom stereocenters. The van der Waals surface area contributed by atoms with Crippen molar-refractivity contribution in [3.8, 4) is 5.75 Å². The number of hydrogen-bond acceptors (Lipinski definition) is 3. The Kier molecular flexibility index (Phi) is 4.91. The van der Waals surface area contributed by atoms with Crippen LogP contribution in [0.1, 0.15) is 26.3 Å². The van der Waals surface area contributed by atoms with E-state index >= 15 is 0 Å². The number of rotatable bonds is 5. The second-order valence-corrected chi connectivity index (χ2v) is 5.66. The van der Waals surface area contributed by atoms with Crippen LogP contribution in [-0.4, -0.2) is 31.4 Å². The molecule has 18 heavy (non-hydrogen) atoms. The SMILES string of the molecule is COc1ccccc1CN(C)CC(=O)C(C)(C)C. The van der Waals surface area contributed by atoms with E-state index in [1.807, 2.05) is 57.0 Å². The summed E-state index contributed by atoms with van der Waals surface area (Å²) in [5, 5.41) is 0. The molecule has 0 aliphatic rings. The number of para-hydroxylation sites is 1. The van der Waals surface area contributed by atoms with E-state index in [0.717, 1.165) is 11.3 Å². The van der Waals surface area contributed by atoms with Crippen molar-refractivity contribution in [1.82, 2.24) is 4.90 Å². The smallest absolute Gasteiger partial charge is 0.152 e. The molecule has 0 saturated heterocycles. The van der Waals surface area contributed by atoms with Crippen LogP contribution in [0, 0.1) is 5.41 Å². The first kappa shape index (κ1) is 14.7. The zero-order valence-corrected chi connectivity index (χ0v) is 12.0. The number of likely N-dealkylation sites (N-methyl/N-ethyl adjacent to an activating group) is 1. The predicted molar refractivity (Wildman–Crippen MR) is 73.8 cm³/mol. The number of carbonyl (C=O) groups excluding carboxylic acids is 1. The van der Waals surface area contributed by atoms with Gasteiger partial charge < -0.3 is 4.74 Å². The summed E-state index contributed by atoms with van der Waals surface area (Å²) >= 11 is 0. The van der Waals surface area contributed by atoms with Crippen molar-refractivity contribution < 1.29 is 9.53 Å². The Morgan fingerprint density at radius 1 is 1.28 bits per heavy atom. The minimum atomic E-state index is -0.283. The lowest BCUT2D eigenvalue weighted by Crippen LogP contribution is -2.33. The van der Waals surface area contributed by atoms with Crippen molar-refractivity contribution in [2.45, 2.75) is 27.3 Å². The molecule has 0 heterocycles. The van der Waals surface area contributed by atoms with Crippen LogP contribution in [0.3, 0.4) is 0 Å². The maximum absolute atomic E-state index is 11.9. The van der Waals surface area contributed by atoms with E-state index < -0.39 is 0 Å². The molecule has 0 amide bonds. The number of carbonyl (C=O) groups is 1. The first-order valence-corrected chi connectivity index (χ1v) is 6.18. The second-order valence-electron chi connectivity index (χ2n) is 5.66. The van der Waals surface area contributed by atoms with Gasteiger partial charge >= 0.3 is 0 Å². The molecule has 0 aliphatic heterocycles. The van der Waals surface area contributed by atoms with Crippen LogP contribution < -0.4 is 4.74 Å². The molecular formula is C15H23NO2. The molecule has 100 valence electrons. The van der Waals surface area contributed by atoms with Crippen LogP contribution in [0.15, 0.2) is 24.3 Å². The van der Waals surface area contributed by atoms with Crippen LogP contribution in [-0.2, 0) is 11.3 Å². The monoisotopic (exact) mass is 249 g/mol. The minimum Gasteiger partial charge on any atom is -0.496 e. The van der Waals surface area contributed by atoms with Gasteiger partial charge in [0.1, 0.15) is 5.75 Å². The summed E-state index contributed by atoms with van der Waals surface area (Å²) in [6.07, 6.45) is 0.